The first-order valence-corrected chi connectivity index (χ1v) is 10.9. The van der Waals surface area contributed by atoms with Crippen molar-refractivity contribution in [1.82, 2.24) is 0 Å². The molecule has 0 spiro atoms. The predicted molar refractivity (Wildman–Crippen MR) is 106 cm³/mol. The number of unbranched alkanes of at least 4 members (excludes halogenated alkanes) is 2. The maximum atomic E-state index is 2.60. The van der Waals surface area contributed by atoms with Crippen molar-refractivity contribution in [3.8, 4) is 0 Å². The molecule has 24 heavy (non-hydrogen) atoms. The molecule has 1 aromatic carbocycles. The second kappa shape index (κ2) is 9.07. The third kappa shape index (κ3) is 4.64. The van der Waals surface area contributed by atoms with Gasteiger partial charge in [-0.3, -0.25) is 0 Å². The van der Waals surface area contributed by atoms with Crippen LogP contribution >= 0.6 is 0 Å². The number of fused-ring (bicyclic) bond motifs is 1. The van der Waals surface area contributed by atoms with Crippen LogP contribution in [0.5, 0.6) is 0 Å². The predicted octanol–water partition coefficient (Wildman–Crippen LogP) is 7.45. The zero-order chi connectivity index (χ0) is 16.8. The highest BCUT2D eigenvalue weighted by molar-refractivity contribution is 5.36. The lowest BCUT2D eigenvalue weighted by atomic mass is 9.75. The molecule has 0 N–H and O–H groups in total. The number of benzene rings is 1. The molecule has 0 radical (unpaired) electrons. The minimum atomic E-state index is 0.853. The Labute approximate surface area is 150 Å². The van der Waals surface area contributed by atoms with E-state index in [1.807, 2.05) is 0 Å². The fourth-order valence-corrected chi connectivity index (χ4v) is 5.12. The Balaban J connectivity index is 1.55. The Kier molecular flexibility index (Phi) is 6.81. The normalized spacial score (nSPS) is 27.0. The van der Waals surface area contributed by atoms with Gasteiger partial charge in [-0.15, -0.1) is 0 Å². The molecule has 3 rings (SSSR count). The minimum absolute atomic E-state index is 0.853. The quantitative estimate of drug-likeness (QED) is 0.488. The van der Waals surface area contributed by atoms with Crippen LogP contribution in [0.15, 0.2) is 18.2 Å². The maximum absolute atomic E-state index is 2.60. The number of hydrogen-bond donors (Lipinski definition) is 0. The van der Waals surface area contributed by atoms with Crippen LogP contribution in [0.3, 0.4) is 0 Å². The molecule has 0 heterocycles. The van der Waals surface area contributed by atoms with Crippen molar-refractivity contribution >= 4 is 0 Å². The first-order chi connectivity index (χ1) is 11.8. The molecule has 134 valence electrons. The first kappa shape index (κ1) is 18.0. The highest BCUT2D eigenvalue weighted by Crippen LogP contribution is 2.39. The molecule has 0 amide bonds. The summed E-state index contributed by atoms with van der Waals surface area (Å²) in [7, 11) is 0. The van der Waals surface area contributed by atoms with Crippen molar-refractivity contribution in [3.63, 3.8) is 0 Å². The summed E-state index contributed by atoms with van der Waals surface area (Å²) in [4.78, 5) is 0. The lowest BCUT2D eigenvalue weighted by Crippen LogP contribution is -2.16. The first-order valence-electron chi connectivity index (χ1n) is 10.9. The van der Waals surface area contributed by atoms with E-state index in [-0.39, 0.29) is 0 Å². The van der Waals surface area contributed by atoms with Gasteiger partial charge >= 0.3 is 0 Å². The maximum Gasteiger partial charge on any atom is -0.0162 e. The van der Waals surface area contributed by atoms with E-state index >= 15 is 0 Å². The Morgan fingerprint density at radius 2 is 1.50 bits per heavy atom. The van der Waals surface area contributed by atoms with Crippen molar-refractivity contribution in [2.75, 3.05) is 0 Å². The molecular formula is C24H38. The van der Waals surface area contributed by atoms with Gasteiger partial charge in [0.1, 0.15) is 0 Å². The Hall–Kier alpha value is -0.780. The van der Waals surface area contributed by atoms with Gasteiger partial charge in [0, 0.05) is 0 Å². The van der Waals surface area contributed by atoms with Crippen LogP contribution in [0, 0.1) is 11.8 Å². The SMILES string of the molecule is CCCCC1CCc2cc([C@H]3CC[C@H](CCCC)CC3)ccc2C1. The van der Waals surface area contributed by atoms with E-state index in [0.29, 0.717) is 0 Å². The van der Waals surface area contributed by atoms with Crippen LogP contribution in [0.25, 0.3) is 0 Å². The highest BCUT2D eigenvalue weighted by Gasteiger charge is 2.24. The van der Waals surface area contributed by atoms with Gasteiger partial charge in [-0.25, -0.2) is 0 Å². The summed E-state index contributed by atoms with van der Waals surface area (Å²) in [5.74, 6) is 2.83. The summed E-state index contributed by atoms with van der Waals surface area (Å²) >= 11 is 0. The monoisotopic (exact) mass is 326 g/mol. The number of rotatable bonds is 7. The van der Waals surface area contributed by atoms with E-state index in [1.54, 1.807) is 16.7 Å². The standard InChI is InChI=1S/C24H38/c1-3-5-7-19-9-12-21(13-10-19)23-16-15-22-17-20(8-6-4-2)11-14-24(22)18-23/h15-16,18-21H,3-14,17H2,1-2H3/t19-,20?,21-. The topological polar surface area (TPSA) is 0 Å². The highest BCUT2D eigenvalue weighted by atomic mass is 14.3. The van der Waals surface area contributed by atoms with Gasteiger partial charge in [0.25, 0.3) is 0 Å². The largest absolute Gasteiger partial charge is 0.0654 e. The summed E-state index contributed by atoms with van der Waals surface area (Å²) in [6, 6.07) is 7.58. The number of aryl methyl sites for hydroxylation is 1. The molecule has 1 unspecified atom stereocenters. The molecule has 1 saturated carbocycles. The Bertz CT molecular complexity index is 493. The molecule has 1 atom stereocenters. The third-order valence-corrected chi connectivity index (χ3v) is 6.81. The second-order valence-electron chi connectivity index (χ2n) is 8.64. The van der Waals surface area contributed by atoms with Gasteiger partial charge in [-0.05, 0) is 79.4 Å². The summed E-state index contributed by atoms with van der Waals surface area (Å²) in [5.41, 5.74) is 5.02. The molecule has 0 saturated heterocycles. The van der Waals surface area contributed by atoms with E-state index in [4.69, 9.17) is 0 Å². The molecule has 2 aliphatic carbocycles. The zero-order valence-electron chi connectivity index (χ0n) is 16.2. The van der Waals surface area contributed by atoms with Gasteiger partial charge < -0.3 is 0 Å². The van der Waals surface area contributed by atoms with Gasteiger partial charge in [0.05, 0.1) is 0 Å². The number of hydrogen-bond acceptors (Lipinski definition) is 0. The van der Waals surface area contributed by atoms with E-state index < -0.39 is 0 Å². The lowest BCUT2D eigenvalue weighted by molar-refractivity contribution is 0.304. The van der Waals surface area contributed by atoms with Crippen molar-refractivity contribution in [1.29, 1.82) is 0 Å². The summed E-state index contributed by atoms with van der Waals surface area (Å²) < 4.78 is 0. The summed E-state index contributed by atoms with van der Waals surface area (Å²) in [5, 5.41) is 0. The van der Waals surface area contributed by atoms with Crippen molar-refractivity contribution in [3.05, 3.63) is 34.9 Å². The molecular weight excluding hydrogens is 288 g/mol. The second-order valence-corrected chi connectivity index (χ2v) is 8.64. The van der Waals surface area contributed by atoms with Crippen molar-refractivity contribution < 1.29 is 0 Å². The third-order valence-electron chi connectivity index (χ3n) is 6.81. The molecule has 0 bridgehead atoms. The molecule has 0 heteroatoms. The Morgan fingerprint density at radius 1 is 0.792 bits per heavy atom. The van der Waals surface area contributed by atoms with Crippen molar-refractivity contribution in [2.45, 2.75) is 103 Å². The van der Waals surface area contributed by atoms with Crippen LogP contribution in [0.2, 0.25) is 0 Å². The van der Waals surface area contributed by atoms with Crippen LogP contribution in [-0.2, 0) is 12.8 Å². The van der Waals surface area contributed by atoms with Crippen LogP contribution in [0.1, 0.15) is 107 Å². The van der Waals surface area contributed by atoms with Gasteiger partial charge in [-0.1, -0.05) is 70.6 Å². The smallest absolute Gasteiger partial charge is 0.0162 e. The van der Waals surface area contributed by atoms with E-state index in [2.05, 4.69) is 32.0 Å². The fourth-order valence-electron chi connectivity index (χ4n) is 5.12. The molecule has 0 aliphatic heterocycles. The van der Waals surface area contributed by atoms with Gasteiger partial charge in [-0.2, -0.15) is 0 Å². The average molecular weight is 327 g/mol. The average Bonchev–Trinajstić information content (AvgIpc) is 2.64. The fraction of sp³-hybridized carbons (Fsp3) is 0.750. The summed E-state index contributed by atoms with van der Waals surface area (Å²) in [6.07, 6.45) is 18.4. The summed E-state index contributed by atoms with van der Waals surface area (Å²) in [6.45, 7) is 4.64. The van der Waals surface area contributed by atoms with E-state index in [1.165, 1.54) is 83.5 Å². The molecule has 2 aliphatic rings. The minimum Gasteiger partial charge on any atom is -0.0654 e. The van der Waals surface area contributed by atoms with Crippen LogP contribution < -0.4 is 0 Å². The van der Waals surface area contributed by atoms with Crippen molar-refractivity contribution in [2.24, 2.45) is 11.8 Å². The molecule has 1 aromatic rings. The van der Waals surface area contributed by atoms with Gasteiger partial charge in [0.15, 0.2) is 0 Å². The molecule has 0 aromatic heterocycles. The Morgan fingerprint density at radius 3 is 2.21 bits per heavy atom. The van der Waals surface area contributed by atoms with Gasteiger partial charge in [0.2, 0.25) is 0 Å². The zero-order valence-corrected chi connectivity index (χ0v) is 16.2. The molecule has 0 nitrogen and oxygen atoms in total. The van der Waals surface area contributed by atoms with Crippen LogP contribution in [-0.4, -0.2) is 0 Å². The van der Waals surface area contributed by atoms with Crippen LogP contribution in [0.4, 0.5) is 0 Å². The lowest BCUT2D eigenvalue weighted by Gasteiger charge is -2.30. The van der Waals surface area contributed by atoms with E-state index in [9.17, 15) is 0 Å². The molecule has 1 fully saturated rings. The van der Waals surface area contributed by atoms with E-state index in [0.717, 1.165) is 17.8 Å².